The molecule has 0 radical (unpaired) electrons. The van der Waals surface area contributed by atoms with Crippen LogP contribution in [0.25, 0.3) is 0 Å². The molecule has 2 atom stereocenters. The number of rotatable bonds is 6. The van der Waals surface area contributed by atoms with Gasteiger partial charge in [-0.15, -0.1) is 0 Å². The zero-order valence-electron chi connectivity index (χ0n) is 14.0. The highest BCUT2D eigenvalue weighted by Gasteiger charge is 2.35. The lowest BCUT2D eigenvalue weighted by molar-refractivity contribution is 0.215. The summed E-state index contributed by atoms with van der Waals surface area (Å²) in [7, 11) is 4.43. The van der Waals surface area contributed by atoms with Crippen LogP contribution in [0.4, 0.5) is 0 Å². The Morgan fingerprint density at radius 3 is 2.52 bits per heavy atom. The summed E-state index contributed by atoms with van der Waals surface area (Å²) in [6.45, 7) is 8.88. The molecule has 0 spiro atoms. The van der Waals surface area contributed by atoms with E-state index in [1.54, 1.807) is 0 Å². The molecule has 0 amide bonds. The van der Waals surface area contributed by atoms with Crippen molar-refractivity contribution in [3.63, 3.8) is 0 Å². The van der Waals surface area contributed by atoms with Crippen molar-refractivity contribution in [3.8, 4) is 0 Å². The highest BCUT2D eigenvalue weighted by Crippen LogP contribution is 2.28. The van der Waals surface area contributed by atoms with Crippen molar-refractivity contribution in [1.29, 1.82) is 0 Å². The minimum Gasteiger partial charge on any atom is -0.330 e. The predicted molar refractivity (Wildman–Crippen MR) is 90.3 cm³/mol. The van der Waals surface area contributed by atoms with Crippen molar-refractivity contribution in [2.45, 2.75) is 32.9 Å². The molecule has 2 unspecified atom stereocenters. The second-order valence-corrected chi connectivity index (χ2v) is 6.99. The van der Waals surface area contributed by atoms with E-state index in [0.717, 1.165) is 31.3 Å². The smallest absolute Gasteiger partial charge is 0.0260 e. The predicted octanol–water partition coefficient (Wildman–Crippen LogP) is 2.21. The zero-order valence-corrected chi connectivity index (χ0v) is 14.0. The van der Waals surface area contributed by atoms with E-state index >= 15 is 0 Å². The van der Waals surface area contributed by atoms with E-state index in [0.29, 0.717) is 6.04 Å². The molecule has 1 aromatic carbocycles. The number of hydrogen-bond donors (Lipinski definition) is 1. The van der Waals surface area contributed by atoms with Crippen LogP contribution in [-0.4, -0.2) is 49.6 Å². The SMILES string of the molecule is CC(C)C1CN(Cc2cccc(CCN)c2)CC1N(C)C. The largest absolute Gasteiger partial charge is 0.330 e. The molecular formula is C18H31N3. The van der Waals surface area contributed by atoms with Crippen molar-refractivity contribution < 1.29 is 0 Å². The van der Waals surface area contributed by atoms with Gasteiger partial charge in [-0.1, -0.05) is 38.1 Å². The van der Waals surface area contributed by atoms with Gasteiger partial charge < -0.3 is 10.6 Å². The Morgan fingerprint density at radius 1 is 1.24 bits per heavy atom. The molecule has 3 heteroatoms. The van der Waals surface area contributed by atoms with Gasteiger partial charge in [-0.05, 0) is 50.0 Å². The molecule has 1 heterocycles. The van der Waals surface area contributed by atoms with Crippen molar-refractivity contribution in [3.05, 3.63) is 35.4 Å². The maximum Gasteiger partial charge on any atom is 0.0260 e. The van der Waals surface area contributed by atoms with Gasteiger partial charge in [0.25, 0.3) is 0 Å². The number of nitrogens with two attached hydrogens (primary N) is 1. The molecule has 1 aromatic rings. The van der Waals surface area contributed by atoms with Crippen molar-refractivity contribution in [1.82, 2.24) is 9.80 Å². The molecule has 1 saturated heterocycles. The van der Waals surface area contributed by atoms with E-state index in [1.807, 2.05) is 0 Å². The van der Waals surface area contributed by atoms with Crippen LogP contribution in [0.3, 0.4) is 0 Å². The highest BCUT2D eigenvalue weighted by atomic mass is 15.2. The molecule has 2 N–H and O–H groups in total. The van der Waals surface area contributed by atoms with Gasteiger partial charge >= 0.3 is 0 Å². The Balaban J connectivity index is 2.02. The highest BCUT2D eigenvalue weighted by molar-refractivity contribution is 5.24. The fourth-order valence-electron chi connectivity index (χ4n) is 3.53. The Bertz CT molecular complexity index is 426. The quantitative estimate of drug-likeness (QED) is 0.871. The van der Waals surface area contributed by atoms with Crippen LogP contribution in [0.2, 0.25) is 0 Å². The van der Waals surface area contributed by atoms with E-state index < -0.39 is 0 Å². The minimum atomic E-state index is 0.678. The van der Waals surface area contributed by atoms with Gasteiger partial charge in [0.15, 0.2) is 0 Å². The van der Waals surface area contributed by atoms with Crippen LogP contribution >= 0.6 is 0 Å². The zero-order chi connectivity index (χ0) is 15.4. The summed E-state index contributed by atoms with van der Waals surface area (Å²) in [5.74, 6) is 1.51. The lowest BCUT2D eigenvalue weighted by atomic mass is 9.91. The maximum atomic E-state index is 5.66. The summed E-state index contributed by atoms with van der Waals surface area (Å²) < 4.78 is 0. The Hall–Kier alpha value is -0.900. The third-order valence-electron chi connectivity index (χ3n) is 4.76. The summed E-state index contributed by atoms with van der Waals surface area (Å²) in [5.41, 5.74) is 8.44. The van der Waals surface area contributed by atoms with Crippen LogP contribution in [-0.2, 0) is 13.0 Å². The van der Waals surface area contributed by atoms with Crippen LogP contribution < -0.4 is 5.73 Å². The van der Waals surface area contributed by atoms with Crippen LogP contribution in [0.5, 0.6) is 0 Å². The first kappa shape index (κ1) is 16.5. The standard InChI is InChI=1S/C18H31N3/c1-14(2)17-12-21(13-18(17)20(3)4)11-16-7-5-6-15(10-16)8-9-19/h5-7,10,14,17-18H,8-9,11-13,19H2,1-4H3. The Kier molecular flexibility index (Phi) is 5.80. The minimum absolute atomic E-state index is 0.678. The van der Waals surface area contributed by atoms with Gasteiger partial charge in [0.05, 0.1) is 0 Å². The van der Waals surface area contributed by atoms with Crippen molar-refractivity contribution >= 4 is 0 Å². The van der Waals surface area contributed by atoms with Gasteiger partial charge in [-0.2, -0.15) is 0 Å². The van der Waals surface area contributed by atoms with Crippen molar-refractivity contribution in [2.24, 2.45) is 17.6 Å². The van der Waals surface area contributed by atoms with E-state index in [2.05, 4.69) is 62.0 Å². The lowest BCUT2D eigenvalue weighted by Crippen LogP contribution is -2.37. The number of benzene rings is 1. The fraction of sp³-hybridized carbons (Fsp3) is 0.667. The molecule has 1 aliphatic heterocycles. The Labute approximate surface area is 130 Å². The third-order valence-corrected chi connectivity index (χ3v) is 4.76. The monoisotopic (exact) mass is 289 g/mol. The molecule has 0 aromatic heterocycles. The normalized spacial score (nSPS) is 23.4. The van der Waals surface area contributed by atoms with Crippen LogP contribution in [0.1, 0.15) is 25.0 Å². The fourth-order valence-corrected chi connectivity index (χ4v) is 3.53. The van der Waals surface area contributed by atoms with E-state index in [9.17, 15) is 0 Å². The van der Waals surface area contributed by atoms with E-state index in [4.69, 9.17) is 5.73 Å². The Morgan fingerprint density at radius 2 is 1.95 bits per heavy atom. The third kappa shape index (κ3) is 4.29. The average Bonchev–Trinajstić information content (AvgIpc) is 2.84. The summed E-state index contributed by atoms with van der Waals surface area (Å²) in [5, 5.41) is 0. The molecule has 3 nitrogen and oxygen atoms in total. The number of likely N-dealkylation sites (tertiary alicyclic amines) is 1. The summed E-state index contributed by atoms with van der Waals surface area (Å²) in [6.07, 6.45) is 0.975. The van der Waals surface area contributed by atoms with E-state index in [1.165, 1.54) is 24.2 Å². The summed E-state index contributed by atoms with van der Waals surface area (Å²) >= 11 is 0. The maximum absolute atomic E-state index is 5.66. The first-order valence-corrected chi connectivity index (χ1v) is 8.18. The first-order chi connectivity index (χ1) is 10.0. The molecule has 118 valence electrons. The van der Waals surface area contributed by atoms with Gasteiger partial charge in [-0.3, -0.25) is 4.90 Å². The number of likely N-dealkylation sites (N-methyl/N-ethyl adjacent to an activating group) is 1. The number of nitrogens with zero attached hydrogens (tertiary/aromatic N) is 2. The van der Waals surface area contributed by atoms with Crippen molar-refractivity contribution in [2.75, 3.05) is 33.7 Å². The van der Waals surface area contributed by atoms with Gasteiger partial charge in [-0.25, -0.2) is 0 Å². The molecule has 1 aliphatic rings. The second-order valence-electron chi connectivity index (χ2n) is 6.99. The molecule has 0 aliphatic carbocycles. The lowest BCUT2D eigenvalue weighted by Gasteiger charge is -2.27. The average molecular weight is 289 g/mol. The molecular weight excluding hydrogens is 258 g/mol. The molecule has 21 heavy (non-hydrogen) atoms. The van der Waals surface area contributed by atoms with Gasteiger partial charge in [0, 0.05) is 25.7 Å². The summed E-state index contributed by atoms with van der Waals surface area (Å²) in [4.78, 5) is 5.01. The molecule has 0 bridgehead atoms. The van der Waals surface area contributed by atoms with E-state index in [-0.39, 0.29) is 0 Å². The molecule has 2 rings (SSSR count). The topological polar surface area (TPSA) is 32.5 Å². The first-order valence-electron chi connectivity index (χ1n) is 8.18. The van der Waals surface area contributed by atoms with Gasteiger partial charge in [0.2, 0.25) is 0 Å². The summed E-state index contributed by atoms with van der Waals surface area (Å²) in [6, 6.07) is 9.59. The van der Waals surface area contributed by atoms with Crippen LogP contribution in [0, 0.1) is 11.8 Å². The van der Waals surface area contributed by atoms with Crippen LogP contribution in [0.15, 0.2) is 24.3 Å². The van der Waals surface area contributed by atoms with Gasteiger partial charge in [0.1, 0.15) is 0 Å². The molecule has 0 saturated carbocycles. The second kappa shape index (κ2) is 7.39. The number of hydrogen-bond acceptors (Lipinski definition) is 3. The molecule has 1 fully saturated rings.